The fourth-order valence-corrected chi connectivity index (χ4v) is 3.89. The quantitative estimate of drug-likeness (QED) is 0.625. The van der Waals surface area contributed by atoms with Crippen molar-refractivity contribution in [3.8, 4) is 11.6 Å². The molecular formula is C22H23F3N4O3. The van der Waals surface area contributed by atoms with Crippen molar-refractivity contribution in [1.29, 1.82) is 0 Å². The topological polar surface area (TPSA) is 93.6 Å². The summed E-state index contributed by atoms with van der Waals surface area (Å²) >= 11 is 0. The Labute approximate surface area is 182 Å². The smallest absolute Gasteiger partial charge is 0.418 e. The van der Waals surface area contributed by atoms with Crippen LogP contribution in [0.1, 0.15) is 18.4 Å². The minimum absolute atomic E-state index is 0.0844. The standard InChI is InChI=1S/C22H23F3N4O3/c23-22(24,25)21(31)7-2-9-29(14-21)20(30)13-28-10-6-16-17(28)3-1-4-18(16)32-19-11-15(12-26)5-8-27-19/h1,3-6,8,10-11,31H,2,7,9,12-14,26H2/t21-/m0/s1. The zero-order valence-corrected chi connectivity index (χ0v) is 17.2. The Hall–Kier alpha value is -3.11. The lowest BCUT2D eigenvalue weighted by Gasteiger charge is -2.40. The molecule has 1 fully saturated rings. The van der Waals surface area contributed by atoms with Gasteiger partial charge in [0, 0.05) is 36.9 Å². The summed E-state index contributed by atoms with van der Waals surface area (Å²) in [7, 11) is 0. The summed E-state index contributed by atoms with van der Waals surface area (Å²) in [5, 5.41) is 10.7. The Bertz CT molecular complexity index is 1130. The molecular weight excluding hydrogens is 425 g/mol. The van der Waals surface area contributed by atoms with E-state index in [4.69, 9.17) is 10.5 Å². The average molecular weight is 448 g/mol. The van der Waals surface area contributed by atoms with Crippen molar-refractivity contribution < 1.29 is 27.8 Å². The molecule has 170 valence electrons. The predicted octanol–water partition coefficient (Wildman–Crippen LogP) is 3.20. The van der Waals surface area contributed by atoms with Gasteiger partial charge in [0.1, 0.15) is 12.3 Å². The zero-order chi connectivity index (χ0) is 22.9. The van der Waals surface area contributed by atoms with Crippen LogP contribution in [0.25, 0.3) is 10.9 Å². The largest absolute Gasteiger partial charge is 0.438 e. The third-order valence-electron chi connectivity index (χ3n) is 5.68. The van der Waals surface area contributed by atoms with Gasteiger partial charge in [0.05, 0.1) is 12.1 Å². The van der Waals surface area contributed by atoms with Crippen molar-refractivity contribution >= 4 is 16.8 Å². The van der Waals surface area contributed by atoms with E-state index in [0.29, 0.717) is 23.7 Å². The monoisotopic (exact) mass is 448 g/mol. The van der Waals surface area contributed by atoms with E-state index in [1.807, 2.05) is 0 Å². The zero-order valence-electron chi connectivity index (χ0n) is 17.2. The number of pyridine rings is 1. The number of ether oxygens (including phenoxy) is 1. The molecule has 32 heavy (non-hydrogen) atoms. The highest BCUT2D eigenvalue weighted by Gasteiger charge is 2.55. The number of nitrogens with zero attached hydrogens (tertiary/aromatic N) is 3. The first-order valence-corrected chi connectivity index (χ1v) is 10.2. The fourth-order valence-electron chi connectivity index (χ4n) is 3.89. The molecule has 7 nitrogen and oxygen atoms in total. The molecule has 3 aromatic rings. The molecule has 0 aliphatic carbocycles. The molecule has 2 aromatic heterocycles. The van der Waals surface area contributed by atoms with Crippen molar-refractivity contribution in [3.05, 3.63) is 54.4 Å². The maximum atomic E-state index is 13.2. The second-order valence-corrected chi connectivity index (χ2v) is 7.89. The Kier molecular flexibility index (Phi) is 5.83. The number of amides is 1. The summed E-state index contributed by atoms with van der Waals surface area (Å²) < 4.78 is 47.1. The number of rotatable bonds is 5. The number of hydrogen-bond acceptors (Lipinski definition) is 5. The highest BCUT2D eigenvalue weighted by molar-refractivity contribution is 5.88. The number of halogens is 3. The van der Waals surface area contributed by atoms with Crippen LogP contribution in [0.2, 0.25) is 0 Å². The van der Waals surface area contributed by atoms with Crippen molar-refractivity contribution in [2.24, 2.45) is 5.73 Å². The van der Waals surface area contributed by atoms with Crippen molar-refractivity contribution in [1.82, 2.24) is 14.5 Å². The van der Waals surface area contributed by atoms with Gasteiger partial charge in [-0.15, -0.1) is 0 Å². The third-order valence-corrected chi connectivity index (χ3v) is 5.68. The van der Waals surface area contributed by atoms with Gasteiger partial charge in [0.25, 0.3) is 0 Å². The molecule has 0 bridgehead atoms. The molecule has 1 atom stereocenters. The summed E-state index contributed by atoms with van der Waals surface area (Å²) in [6.45, 7) is -0.386. The summed E-state index contributed by atoms with van der Waals surface area (Å²) in [5.41, 5.74) is 4.34. The van der Waals surface area contributed by atoms with Crippen LogP contribution in [0.4, 0.5) is 13.2 Å². The molecule has 3 N–H and O–H groups in total. The van der Waals surface area contributed by atoms with Gasteiger partial charge in [-0.25, -0.2) is 4.98 Å². The summed E-state index contributed by atoms with van der Waals surface area (Å²) in [5.74, 6) is 0.414. The lowest BCUT2D eigenvalue weighted by molar-refractivity contribution is -0.272. The predicted molar refractivity (Wildman–Crippen MR) is 111 cm³/mol. The molecule has 4 rings (SSSR count). The van der Waals surface area contributed by atoms with Gasteiger partial charge in [-0.2, -0.15) is 13.2 Å². The lowest BCUT2D eigenvalue weighted by Crippen LogP contribution is -2.58. The number of β-amino-alcohol motifs (C(OH)–C–C–N with tert-alkyl or cyclic N) is 1. The molecule has 0 saturated carbocycles. The number of benzene rings is 1. The van der Waals surface area contributed by atoms with E-state index in [2.05, 4.69) is 4.98 Å². The highest BCUT2D eigenvalue weighted by atomic mass is 19.4. The minimum atomic E-state index is -4.78. The maximum absolute atomic E-state index is 13.2. The number of hydrogen-bond donors (Lipinski definition) is 2. The molecule has 0 radical (unpaired) electrons. The van der Waals surface area contributed by atoms with Crippen LogP contribution in [0, 0.1) is 0 Å². The molecule has 3 heterocycles. The number of alkyl halides is 3. The molecule has 1 saturated heterocycles. The Morgan fingerprint density at radius 2 is 2.09 bits per heavy atom. The number of carbonyl (C=O) groups is 1. The van der Waals surface area contributed by atoms with Gasteiger partial charge in [0.15, 0.2) is 5.60 Å². The van der Waals surface area contributed by atoms with Crippen LogP contribution in [-0.2, 0) is 17.9 Å². The van der Waals surface area contributed by atoms with E-state index in [-0.39, 0.29) is 19.5 Å². The van der Waals surface area contributed by atoms with E-state index in [9.17, 15) is 23.1 Å². The Morgan fingerprint density at radius 3 is 2.84 bits per heavy atom. The van der Waals surface area contributed by atoms with Gasteiger partial charge >= 0.3 is 6.18 Å². The summed E-state index contributed by atoms with van der Waals surface area (Å²) in [4.78, 5) is 18.0. The van der Waals surface area contributed by atoms with Crippen LogP contribution in [-0.4, -0.2) is 50.3 Å². The van der Waals surface area contributed by atoms with E-state index in [0.717, 1.165) is 15.8 Å². The van der Waals surface area contributed by atoms with Crippen LogP contribution in [0.15, 0.2) is 48.8 Å². The molecule has 0 spiro atoms. The molecule has 0 unspecified atom stereocenters. The first-order valence-electron chi connectivity index (χ1n) is 10.2. The first kappa shape index (κ1) is 22.1. The van der Waals surface area contributed by atoms with E-state index in [1.165, 1.54) is 0 Å². The fraction of sp³-hybridized carbons (Fsp3) is 0.364. The molecule has 1 aliphatic rings. The lowest BCUT2D eigenvalue weighted by atomic mass is 9.92. The number of carbonyl (C=O) groups excluding carboxylic acids is 1. The molecule has 10 heteroatoms. The minimum Gasteiger partial charge on any atom is -0.438 e. The van der Waals surface area contributed by atoms with Crippen molar-refractivity contribution in [2.45, 2.75) is 37.7 Å². The van der Waals surface area contributed by atoms with E-state index < -0.39 is 30.7 Å². The normalized spacial score (nSPS) is 19.3. The van der Waals surface area contributed by atoms with Gasteiger partial charge in [-0.05, 0) is 42.7 Å². The molecule has 1 amide bonds. The SMILES string of the molecule is NCc1ccnc(Oc2cccc3c2ccn3CC(=O)N2CCC[C@@](O)(C(F)(F)F)C2)c1. The maximum Gasteiger partial charge on any atom is 0.418 e. The molecule has 1 aromatic carbocycles. The van der Waals surface area contributed by atoms with Crippen molar-refractivity contribution in [2.75, 3.05) is 13.1 Å². The van der Waals surface area contributed by atoms with Gasteiger partial charge < -0.3 is 25.0 Å². The van der Waals surface area contributed by atoms with E-state index >= 15 is 0 Å². The van der Waals surface area contributed by atoms with Crippen LogP contribution in [0.3, 0.4) is 0 Å². The Balaban J connectivity index is 1.53. The average Bonchev–Trinajstić information content (AvgIpc) is 3.17. The second kappa shape index (κ2) is 8.44. The van der Waals surface area contributed by atoms with E-state index in [1.54, 1.807) is 53.4 Å². The van der Waals surface area contributed by atoms with Crippen LogP contribution in [0.5, 0.6) is 11.6 Å². The number of fused-ring (bicyclic) bond motifs is 1. The van der Waals surface area contributed by atoms with Gasteiger partial charge in [-0.1, -0.05) is 6.07 Å². The van der Waals surface area contributed by atoms with Crippen LogP contribution < -0.4 is 10.5 Å². The highest BCUT2D eigenvalue weighted by Crippen LogP contribution is 2.37. The second-order valence-electron chi connectivity index (χ2n) is 7.89. The Morgan fingerprint density at radius 1 is 1.28 bits per heavy atom. The number of piperidine rings is 1. The first-order chi connectivity index (χ1) is 15.2. The third kappa shape index (κ3) is 4.28. The van der Waals surface area contributed by atoms with Crippen molar-refractivity contribution in [3.63, 3.8) is 0 Å². The molecule has 1 aliphatic heterocycles. The van der Waals surface area contributed by atoms with Crippen LogP contribution >= 0.6 is 0 Å². The number of nitrogens with two attached hydrogens (primary N) is 1. The summed E-state index contributed by atoms with van der Waals surface area (Å²) in [6, 6.07) is 10.6. The van der Waals surface area contributed by atoms with Gasteiger partial charge in [-0.3, -0.25) is 4.79 Å². The van der Waals surface area contributed by atoms with Gasteiger partial charge in [0.2, 0.25) is 11.8 Å². The summed E-state index contributed by atoms with van der Waals surface area (Å²) in [6.07, 6.45) is -1.83. The number of aromatic nitrogens is 2. The number of aliphatic hydroxyl groups is 1. The number of likely N-dealkylation sites (tertiary alicyclic amines) is 1.